The maximum Gasteiger partial charge on any atom is 0.270 e. The number of rotatable bonds is 5. The molecule has 0 saturated heterocycles. The van der Waals surface area contributed by atoms with E-state index in [2.05, 4.69) is 5.10 Å². The van der Waals surface area contributed by atoms with E-state index in [4.69, 9.17) is 22.1 Å². The molecule has 0 bridgehead atoms. The maximum atomic E-state index is 13.6. The van der Waals surface area contributed by atoms with Gasteiger partial charge < -0.3 is 10.5 Å². The van der Waals surface area contributed by atoms with Crippen LogP contribution >= 0.6 is 11.6 Å². The number of hydrogen-bond acceptors (Lipinski definition) is 4. The molecule has 2 rings (SSSR count). The molecule has 106 valence electrons. The summed E-state index contributed by atoms with van der Waals surface area (Å²) in [5.41, 5.74) is 5.11. The van der Waals surface area contributed by atoms with Crippen LogP contribution in [0.2, 0.25) is 5.02 Å². The fourth-order valence-electron chi connectivity index (χ4n) is 1.62. The molecule has 0 atom stereocenters. The number of benzene rings is 1. The summed E-state index contributed by atoms with van der Waals surface area (Å²) in [5.74, 6) is -0.147. The van der Waals surface area contributed by atoms with Crippen molar-refractivity contribution in [3.05, 3.63) is 57.2 Å². The van der Waals surface area contributed by atoms with Crippen LogP contribution in [0, 0.1) is 5.82 Å². The zero-order valence-electron chi connectivity index (χ0n) is 10.6. The third-order valence-electron chi connectivity index (χ3n) is 2.60. The van der Waals surface area contributed by atoms with Crippen molar-refractivity contribution in [3.8, 4) is 5.75 Å². The number of nitrogens with two attached hydrogens (primary N) is 1. The van der Waals surface area contributed by atoms with Crippen LogP contribution in [0.4, 0.5) is 4.39 Å². The van der Waals surface area contributed by atoms with Crippen molar-refractivity contribution in [2.45, 2.75) is 6.54 Å². The van der Waals surface area contributed by atoms with Crippen molar-refractivity contribution in [2.24, 2.45) is 5.73 Å². The summed E-state index contributed by atoms with van der Waals surface area (Å²) in [6.07, 6.45) is 1.38. The van der Waals surface area contributed by atoms with Gasteiger partial charge in [-0.25, -0.2) is 9.07 Å². The van der Waals surface area contributed by atoms with Crippen LogP contribution in [-0.2, 0) is 6.54 Å². The molecule has 2 N–H and O–H groups in total. The van der Waals surface area contributed by atoms with E-state index in [1.165, 1.54) is 24.4 Å². The number of ether oxygens (including phenoxy) is 1. The lowest BCUT2D eigenvalue weighted by Gasteiger charge is -2.09. The molecule has 0 amide bonds. The van der Waals surface area contributed by atoms with E-state index in [0.717, 1.165) is 4.68 Å². The Labute approximate surface area is 119 Å². The molecule has 1 heterocycles. The Bertz CT molecular complexity index is 640. The SMILES string of the molecule is NCCOc1cnn(Cc2c(F)cccc2Cl)c(=O)c1. The summed E-state index contributed by atoms with van der Waals surface area (Å²) in [6.45, 7) is 0.597. The monoisotopic (exact) mass is 297 g/mol. The third-order valence-corrected chi connectivity index (χ3v) is 2.95. The molecule has 0 radical (unpaired) electrons. The zero-order chi connectivity index (χ0) is 14.5. The lowest BCUT2D eigenvalue weighted by molar-refractivity contribution is 0.324. The number of aromatic nitrogens is 2. The minimum absolute atomic E-state index is 0.0402. The molecule has 1 aromatic carbocycles. The van der Waals surface area contributed by atoms with Crippen molar-refractivity contribution >= 4 is 11.6 Å². The molecule has 0 aliphatic heterocycles. The van der Waals surface area contributed by atoms with Gasteiger partial charge in [-0.2, -0.15) is 5.10 Å². The van der Waals surface area contributed by atoms with Gasteiger partial charge in [0.1, 0.15) is 18.2 Å². The molecule has 0 saturated carbocycles. The van der Waals surface area contributed by atoms with Gasteiger partial charge in [0.15, 0.2) is 0 Å². The summed E-state index contributed by atoms with van der Waals surface area (Å²) in [5, 5.41) is 4.17. The highest BCUT2D eigenvalue weighted by Gasteiger charge is 2.09. The average Bonchev–Trinajstić information content (AvgIpc) is 2.42. The van der Waals surface area contributed by atoms with E-state index in [0.29, 0.717) is 18.9 Å². The van der Waals surface area contributed by atoms with Gasteiger partial charge in [-0.1, -0.05) is 17.7 Å². The predicted octanol–water partition coefficient (Wildman–Crippen LogP) is 1.42. The number of halogens is 2. The van der Waals surface area contributed by atoms with Crippen LogP contribution in [-0.4, -0.2) is 22.9 Å². The Kier molecular flexibility index (Phi) is 4.70. The maximum absolute atomic E-state index is 13.6. The highest BCUT2D eigenvalue weighted by Crippen LogP contribution is 2.19. The van der Waals surface area contributed by atoms with Crippen molar-refractivity contribution in [2.75, 3.05) is 13.2 Å². The fourth-order valence-corrected chi connectivity index (χ4v) is 1.85. The van der Waals surface area contributed by atoms with Gasteiger partial charge in [0.25, 0.3) is 5.56 Å². The highest BCUT2D eigenvalue weighted by molar-refractivity contribution is 6.31. The molecule has 5 nitrogen and oxygen atoms in total. The normalized spacial score (nSPS) is 10.6. The van der Waals surface area contributed by atoms with Gasteiger partial charge in [-0.15, -0.1) is 0 Å². The summed E-state index contributed by atoms with van der Waals surface area (Å²) < 4.78 is 19.9. The van der Waals surface area contributed by atoms with Crippen molar-refractivity contribution in [1.82, 2.24) is 9.78 Å². The number of nitrogens with zero attached hydrogens (tertiary/aromatic N) is 2. The van der Waals surface area contributed by atoms with E-state index in [9.17, 15) is 9.18 Å². The van der Waals surface area contributed by atoms with Crippen molar-refractivity contribution < 1.29 is 9.13 Å². The molecule has 0 aliphatic carbocycles. The van der Waals surface area contributed by atoms with E-state index in [-0.39, 0.29) is 17.1 Å². The molecular weight excluding hydrogens is 285 g/mol. The second kappa shape index (κ2) is 6.49. The fraction of sp³-hybridized carbons (Fsp3) is 0.231. The van der Waals surface area contributed by atoms with Crippen LogP contribution in [0.15, 0.2) is 35.3 Å². The molecule has 2 aromatic rings. The van der Waals surface area contributed by atoms with Crippen LogP contribution < -0.4 is 16.0 Å². The summed E-state index contributed by atoms with van der Waals surface area (Å²) in [4.78, 5) is 11.9. The van der Waals surface area contributed by atoms with Crippen LogP contribution in [0.1, 0.15) is 5.56 Å². The Balaban J connectivity index is 2.24. The van der Waals surface area contributed by atoms with Crippen LogP contribution in [0.5, 0.6) is 5.75 Å². The Morgan fingerprint density at radius 3 is 2.90 bits per heavy atom. The van der Waals surface area contributed by atoms with Crippen molar-refractivity contribution in [1.29, 1.82) is 0 Å². The Morgan fingerprint density at radius 1 is 1.45 bits per heavy atom. The predicted molar refractivity (Wildman–Crippen MR) is 73.6 cm³/mol. The van der Waals surface area contributed by atoms with E-state index < -0.39 is 11.4 Å². The minimum Gasteiger partial charge on any atom is -0.490 e. The second-order valence-electron chi connectivity index (χ2n) is 4.02. The minimum atomic E-state index is -0.477. The van der Waals surface area contributed by atoms with Crippen LogP contribution in [0.25, 0.3) is 0 Å². The van der Waals surface area contributed by atoms with Gasteiger partial charge in [-0.3, -0.25) is 4.79 Å². The highest BCUT2D eigenvalue weighted by atomic mass is 35.5. The Hall–Kier alpha value is -1.92. The quantitative estimate of drug-likeness (QED) is 0.906. The lowest BCUT2D eigenvalue weighted by Crippen LogP contribution is -2.23. The van der Waals surface area contributed by atoms with Gasteiger partial charge in [0.05, 0.1) is 12.7 Å². The molecule has 0 unspecified atom stereocenters. The van der Waals surface area contributed by atoms with Gasteiger partial charge in [0, 0.05) is 23.2 Å². The average molecular weight is 298 g/mol. The first-order valence-corrected chi connectivity index (χ1v) is 6.32. The zero-order valence-corrected chi connectivity index (χ0v) is 11.3. The molecule has 0 aliphatic rings. The first kappa shape index (κ1) is 14.5. The molecule has 7 heteroatoms. The van der Waals surface area contributed by atoms with Gasteiger partial charge in [-0.05, 0) is 12.1 Å². The smallest absolute Gasteiger partial charge is 0.270 e. The standard InChI is InChI=1S/C13H13ClFN3O2/c14-11-2-1-3-12(15)10(11)8-18-13(19)6-9(7-17-18)20-5-4-16/h1-3,6-7H,4-5,8,16H2. The van der Waals surface area contributed by atoms with E-state index >= 15 is 0 Å². The first-order valence-electron chi connectivity index (χ1n) is 5.94. The van der Waals surface area contributed by atoms with E-state index in [1.54, 1.807) is 6.07 Å². The second-order valence-corrected chi connectivity index (χ2v) is 4.43. The van der Waals surface area contributed by atoms with Crippen molar-refractivity contribution in [3.63, 3.8) is 0 Å². The van der Waals surface area contributed by atoms with Gasteiger partial charge in [0.2, 0.25) is 0 Å². The van der Waals surface area contributed by atoms with Crippen LogP contribution in [0.3, 0.4) is 0 Å². The third kappa shape index (κ3) is 3.34. The Morgan fingerprint density at radius 2 is 2.25 bits per heavy atom. The number of hydrogen-bond donors (Lipinski definition) is 1. The largest absolute Gasteiger partial charge is 0.490 e. The summed E-state index contributed by atoms with van der Waals surface area (Å²) >= 11 is 5.91. The van der Waals surface area contributed by atoms with Gasteiger partial charge >= 0.3 is 0 Å². The topological polar surface area (TPSA) is 70.1 Å². The summed E-state index contributed by atoms with van der Waals surface area (Å²) in [6, 6.07) is 5.62. The summed E-state index contributed by atoms with van der Waals surface area (Å²) in [7, 11) is 0. The molecule has 20 heavy (non-hydrogen) atoms. The first-order chi connectivity index (χ1) is 9.61. The molecule has 0 spiro atoms. The molecule has 1 aromatic heterocycles. The molecular formula is C13H13ClFN3O2. The molecule has 0 fully saturated rings. The van der Waals surface area contributed by atoms with E-state index in [1.807, 2.05) is 0 Å². The lowest BCUT2D eigenvalue weighted by atomic mass is 10.2.